The predicted octanol–water partition coefficient (Wildman–Crippen LogP) is 2.75. The third-order valence-electron chi connectivity index (χ3n) is 3.18. The van der Waals surface area contributed by atoms with Crippen molar-refractivity contribution in [3.8, 4) is 0 Å². The second-order valence-corrected chi connectivity index (χ2v) is 5.96. The SMILES string of the molecule is CC(C)(C)C(O)Cc1nc(Cc2ccccc2F)no1. The third-order valence-corrected chi connectivity index (χ3v) is 3.18. The number of rotatable bonds is 4. The molecule has 0 bridgehead atoms. The van der Waals surface area contributed by atoms with Gasteiger partial charge in [-0.15, -0.1) is 0 Å². The van der Waals surface area contributed by atoms with E-state index in [0.29, 0.717) is 23.7 Å². The first kappa shape index (κ1) is 14.7. The number of hydrogen-bond acceptors (Lipinski definition) is 4. The van der Waals surface area contributed by atoms with Gasteiger partial charge in [0.05, 0.1) is 12.5 Å². The number of aliphatic hydroxyl groups excluding tert-OH is 1. The average Bonchev–Trinajstić information content (AvgIpc) is 2.78. The van der Waals surface area contributed by atoms with Crippen LogP contribution in [0.4, 0.5) is 4.39 Å². The molecule has 108 valence electrons. The van der Waals surface area contributed by atoms with Crippen molar-refractivity contribution in [2.75, 3.05) is 0 Å². The van der Waals surface area contributed by atoms with Gasteiger partial charge in [0, 0.05) is 6.42 Å². The van der Waals surface area contributed by atoms with E-state index < -0.39 is 6.10 Å². The molecule has 0 saturated heterocycles. The molecule has 1 unspecified atom stereocenters. The van der Waals surface area contributed by atoms with E-state index in [1.54, 1.807) is 18.2 Å². The van der Waals surface area contributed by atoms with Gasteiger partial charge in [-0.3, -0.25) is 0 Å². The van der Waals surface area contributed by atoms with Crippen molar-refractivity contribution in [2.24, 2.45) is 5.41 Å². The van der Waals surface area contributed by atoms with Crippen LogP contribution in [0, 0.1) is 11.2 Å². The Bertz CT molecular complexity index is 575. The number of nitrogens with zero attached hydrogens (tertiary/aromatic N) is 2. The molecular weight excluding hydrogens is 259 g/mol. The van der Waals surface area contributed by atoms with Gasteiger partial charge in [0.25, 0.3) is 0 Å². The third kappa shape index (κ3) is 3.63. The van der Waals surface area contributed by atoms with E-state index >= 15 is 0 Å². The largest absolute Gasteiger partial charge is 0.392 e. The smallest absolute Gasteiger partial charge is 0.229 e. The summed E-state index contributed by atoms with van der Waals surface area (Å²) in [6.07, 6.45) is 0.0134. The van der Waals surface area contributed by atoms with Gasteiger partial charge in [-0.25, -0.2) is 4.39 Å². The van der Waals surface area contributed by atoms with Crippen LogP contribution in [0.3, 0.4) is 0 Å². The minimum absolute atomic E-state index is 0.250. The molecule has 1 heterocycles. The quantitative estimate of drug-likeness (QED) is 0.934. The second-order valence-electron chi connectivity index (χ2n) is 5.96. The fourth-order valence-electron chi connectivity index (χ4n) is 1.73. The Morgan fingerprint density at radius 1 is 1.30 bits per heavy atom. The molecular formula is C15H19FN2O2. The molecule has 0 aliphatic rings. The van der Waals surface area contributed by atoms with Crippen molar-refractivity contribution in [1.82, 2.24) is 10.1 Å². The molecule has 0 amide bonds. The lowest BCUT2D eigenvalue weighted by molar-refractivity contribution is 0.0565. The molecule has 0 fully saturated rings. The van der Waals surface area contributed by atoms with Crippen molar-refractivity contribution in [2.45, 2.75) is 39.7 Å². The van der Waals surface area contributed by atoms with Gasteiger partial charge >= 0.3 is 0 Å². The minimum Gasteiger partial charge on any atom is -0.392 e. The second kappa shape index (κ2) is 5.71. The molecule has 0 radical (unpaired) electrons. The molecule has 0 aliphatic carbocycles. The van der Waals surface area contributed by atoms with Crippen LogP contribution in [-0.2, 0) is 12.8 Å². The van der Waals surface area contributed by atoms with E-state index in [-0.39, 0.29) is 17.7 Å². The summed E-state index contributed by atoms with van der Waals surface area (Å²) in [7, 11) is 0. The van der Waals surface area contributed by atoms with Gasteiger partial charge in [0.2, 0.25) is 5.89 Å². The Morgan fingerprint density at radius 3 is 2.65 bits per heavy atom. The molecule has 1 aromatic heterocycles. The van der Waals surface area contributed by atoms with Crippen molar-refractivity contribution < 1.29 is 14.0 Å². The van der Waals surface area contributed by atoms with E-state index in [0.717, 1.165) is 0 Å². The topological polar surface area (TPSA) is 59.2 Å². The number of aromatic nitrogens is 2. The van der Waals surface area contributed by atoms with Gasteiger partial charge in [-0.1, -0.05) is 44.1 Å². The van der Waals surface area contributed by atoms with E-state index in [1.807, 2.05) is 20.8 Å². The summed E-state index contributed by atoms with van der Waals surface area (Å²) in [5, 5.41) is 13.8. The molecule has 1 atom stereocenters. The average molecular weight is 278 g/mol. The molecule has 2 rings (SSSR count). The Hall–Kier alpha value is -1.75. The molecule has 2 aromatic rings. The highest BCUT2D eigenvalue weighted by Gasteiger charge is 2.24. The predicted molar refractivity (Wildman–Crippen MR) is 72.7 cm³/mol. The highest BCUT2D eigenvalue weighted by molar-refractivity contribution is 5.20. The maximum absolute atomic E-state index is 13.5. The Morgan fingerprint density at radius 2 is 2.00 bits per heavy atom. The van der Waals surface area contributed by atoms with Crippen molar-refractivity contribution in [3.05, 3.63) is 47.4 Å². The van der Waals surface area contributed by atoms with Crippen molar-refractivity contribution in [3.63, 3.8) is 0 Å². The summed E-state index contributed by atoms with van der Waals surface area (Å²) in [5.41, 5.74) is 0.274. The summed E-state index contributed by atoms with van der Waals surface area (Å²) >= 11 is 0. The first-order chi connectivity index (χ1) is 9.36. The van der Waals surface area contributed by atoms with Crippen LogP contribution in [0.25, 0.3) is 0 Å². The maximum Gasteiger partial charge on any atom is 0.229 e. The lowest BCUT2D eigenvalue weighted by atomic mass is 9.87. The monoisotopic (exact) mass is 278 g/mol. The number of aliphatic hydroxyl groups is 1. The molecule has 0 aliphatic heterocycles. The van der Waals surface area contributed by atoms with E-state index in [2.05, 4.69) is 10.1 Å². The van der Waals surface area contributed by atoms with Crippen LogP contribution in [0.15, 0.2) is 28.8 Å². The lowest BCUT2D eigenvalue weighted by Crippen LogP contribution is -2.28. The summed E-state index contributed by atoms with van der Waals surface area (Å²) in [5.74, 6) is 0.513. The van der Waals surface area contributed by atoms with Gasteiger partial charge in [-0.2, -0.15) is 4.98 Å². The molecule has 5 heteroatoms. The highest BCUT2D eigenvalue weighted by atomic mass is 19.1. The molecule has 0 saturated carbocycles. The first-order valence-electron chi connectivity index (χ1n) is 6.59. The fourth-order valence-corrected chi connectivity index (χ4v) is 1.73. The van der Waals surface area contributed by atoms with Crippen LogP contribution in [0.1, 0.15) is 38.0 Å². The summed E-state index contributed by atoms with van der Waals surface area (Å²) in [6.45, 7) is 5.82. The Kier molecular flexibility index (Phi) is 4.18. The Balaban J connectivity index is 2.05. The van der Waals surface area contributed by atoms with Crippen molar-refractivity contribution in [1.29, 1.82) is 0 Å². The van der Waals surface area contributed by atoms with Crippen molar-refractivity contribution >= 4 is 0 Å². The van der Waals surface area contributed by atoms with Crippen LogP contribution < -0.4 is 0 Å². The van der Waals surface area contributed by atoms with Crippen LogP contribution in [-0.4, -0.2) is 21.4 Å². The van der Waals surface area contributed by atoms with Crippen LogP contribution >= 0.6 is 0 Å². The van der Waals surface area contributed by atoms with Crippen LogP contribution in [0.2, 0.25) is 0 Å². The molecule has 20 heavy (non-hydrogen) atoms. The zero-order chi connectivity index (χ0) is 14.8. The van der Waals surface area contributed by atoms with E-state index in [1.165, 1.54) is 6.07 Å². The molecule has 0 spiro atoms. The highest BCUT2D eigenvalue weighted by Crippen LogP contribution is 2.22. The number of halogens is 1. The summed E-state index contributed by atoms with van der Waals surface area (Å²) < 4.78 is 18.6. The number of hydrogen-bond donors (Lipinski definition) is 1. The summed E-state index contributed by atoms with van der Waals surface area (Å²) in [4.78, 5) is 4.20. The van der Waals surface area contributed by atoms with E-state index in [9.17, 15) is 9.50 Å². The standard InChI is InChI=1S/C15H19FN2O2/c1-15(2,3)12(19)9-14-17-13(18-20-14)8-10-6-4-5-7-11(10)16/h4-7,12,19H,8-9H2,1-3H3. The molecule has 1 aromatic carbocycles. The summed E-state index contributed by atoms with van der Waals surface area (Å²) in [6, 6.07) is 6.50. The van der Waals surface area contributed by atoms with E-state index in [4.69, 9.17) is 4.52 Å². The number of benzene rings is 1. The minimum atomic E-state index is -0.565. The lowest BCUT2D eigenvalue weighted by Gasteiger charge is -2.24. The van der Waals surface area contributed by atoms with Gasteiger partial charge in [0.15, 0.2) is 5.82 Å². The first-order valence-corrected chi connectivity index (χ1v) is 6.59. The van der Waals surface area contributed by atoms with Gasteiger partial charge in [-0.05, 0) is 17.0 Å². The van der Waals surface area contributed by atoms with Gasteiger partial charge in [0.1, 0.15) is 5.82 Å². The molecule has 1 N–H and O–H groups in total. The Labute approximate surface area is 117 Å². The molecule has 4 nitrogen and oxygen atoms in total. The normalized spacial score (nSPS) is 13.4. The zero-order valence-electron chi connectivity index (χ0n) is 11.9. The van der Waals surface area contributed by atoms with Gasteiger partial charge < -0.3 is 9.63 Å². The maximum atomic E-state index is 13.5. The fraction of sp³-hybridized carbons (Fsp3) is 0.467. The van der Waals surface area contributed by atoms with Crippen LogP contribution in [0.5, 0.6) is 0 Å². The zero-order valence-corrected chi connectivity index (χ0v) is 11.9.